The summed E-state index contributed by atoms with van der Waals surface area (Å²) in [6.07, 6.45) is 2.50. The van der Waals surface area contributed by atoms with Crippen LogP contribution in [0.15, 0.2) is 74.9 Å². The third-order valence-electron chi connectivity index (χ3n) is 3.76. The van der Waals surface area contributed by atoms with E-state index in [2.05, 4.69) is 48.2 Å². The summed E-state index contributed by atoms with van der Waals surface area (Å²) in [7, 11) is 0. The Bertz CT molecular complexity index is 982. The first kappa shape index (κ1) is 17.1. The first-order chi connectivity index (χ1) is 12.8. The Morgan fingerprint density at radius 3 is 2.65 bits per heavy atom. The molecule has 0 atom stereocenters. The maximum Gasteiger partial charge on any atom is 0.237 e. The van der Waals surface area contributed by atoms with Gasteiger partial charge < -0.3 is 9.51 Å². The third-order valence-corrected chi connectivity index (χ3v) is 5.16. The minimum Gasteiger partial charge on any atom is -0.338 e. The Kier molecular flexibility index (Phi) is 5.17. The van der Waals surface area contributed by atoms with Gasteiger partial charge in [-0.05, 0) is 23.3 Å². The van der Waals surface area contributed by atoms with Gasteiger partial charge in [0.2, 0.25) is 5.89 Å². The zero-order valence-corrected chi connectivity index (χ0v) is 16.1. The number of imidazole rings is 1. The molecular weight excluding hydrogens is 412 g/mol. The molecule has 0 unspecified atom stereocenters. The van der Waals surface area contributed by atoms with Crippen molar-refractivity contribution in [3.8, 4) is 11.3 Å². The van der Waals surface area contributed by atoms with Crippen LogP contribution in [-0.2, 0) is 12.2 Å². The monoisotopic (exact) mass is 426 g/mol. The number of aromatic amines is 1. The molecule has 0 bridgehead atoms. The van der Waals surface area contributed by atoms with Gasteiger partial charge in [-0.3, -0.25) is 0 Å². The molecule has 1 N–H and O–H groups in total. The minimum atomic E-state index is 0.578. The fourth-order valence-electron chi connectivity index (χ4n) is 2.48. The van der Waals surface area contributed by atoms with E-state index in [4.69, 9.17) is 4.52 Å². The normalized spacial score (nSPS) is 11.0. The predicted molar refractivity (Wildman–Crippen MR) is 105 cm³/mol. The van der Waals surface area contributed by atoms with Crippen LogP contribution in [0.3, 0.4) is 0 Å². The lowest BCUT2D eigenvalue weighted by Gasteiger charge is -1.97. The Morgan fingerprint density at radius 1 is 1.04 bits per heavy atom. The first-order valence-corrected chi connectivity index (χ1v) is 9.83. The van der Waals surface area contributed by atoms with E-state index in [0.717, 1.165) is 26.4 Å². The van der Waals surface area contributed by atoms with E-state index in [1.807, 2.05) is 48.7 Å². The van der Waals surface area contributed by atoms with Crippen molar-refractivity contribution >= 4 is 27.7 Å². The number of halogens is 1. The third kappa shape index (κ3) is 4.23. The number of nitrogens with zero attached hydrogens (tertiary/aromatic N) is 3. The second kappa shape index (κ2) is 7.88. The summed E-state index contributed by atoms with van der Waals surface area (Å²) in [5.74, 6) is 1.87. The van der Waals surface area contributed by atoms with Gasteiger partial charge in [-0.1, -0.05) is 75.3 Å². The van der Waals surface area contributed by atoms with E-state index in [1.165, 1.54) is 11.8 Å². The summed E-state index contributed by atoms with van der Waals surface area (Å²) < 4.78 is 6.39. The molecule has 0 saturated heterocycles. The summed E-state index contributed by atoms with van der Waals surface area (Å²) >= 11 is 4.98. The average molecular weight is 427 g/mol. The maximum atomic E-state index is 5.33. The van der Waals surface area contributed by atoms with E-state index in [1.54, 1.807) is 0 Å². The molecule has 0 fully saturated rings. The topological polar surface area (TPSA) is 67.6 Å². The van der Waals surface area contributed by atoms with Crippen LogP contribution >= 0.6 is 27.7 Å². The van der Waals surface area contributed by atoms with E-state index in [0.29, 0.717) is 23.9 Å². The molecule has 0 aliphatic rings. The number of hydrogen-bond donors (Lipinski definition) is 1. The lowest BCUT2D eigenvalue weighted by molar-refractivity contribution is 0.385. The molecule has 2 heterocycles. The molecule has 0 amide bonds. The fraction of sp³-hybridized carbons (Fsp3) is 0.105. The number of rotatable bonds is 6. The van der Waals surface area contributed by atoms with Crippen LogP contribution in [0.5, 0.6) is 0 Å². The molecule has 4 rings (SSSR count). The van der Waals surface area contributed by atoms with Crippen molar-refractivity contribution in [3.05, 3.63) is 82.5 Å². The number of hydrogen-bond acceptors (Lipinski definition) is 5. The number of thioether (sulfide) groups is 1. The quantitative estimate of drug-likeness (QED) is 0.434. The molecule has 2 aromatic carbocycles. The van der Waals surface area contributed by atoms with Crippen LogP contribution in [0.4, 0.5) is 0 Å². The highest BCUT2D eigenvalue weighted by Crippen LogP contribution is 2.24. The van der Waals surface area contributed by atoms with Crippen LogP contribution in [0, 0.1) is 0 Å². The van der Waals surface area contributed by atoms with Crippen molar-refractivity contribution in [1.29, 1.82) is 0 Å². The standard InChI is InChI=1S/C19H15BrN4OS/c20-15-8-6-14(7-9-15)16-11-21-19(22-16)26-12-18-23-17(24-25-18)10-13-4-2-1-3-5-13/h1-9,11H,10,12H2,(H,21,22). The van der Waals surface area contributed by atoms with Crippen LogP contribution in [0.1, 0.15) is 17.3 Å². The van der Waals surface area contributed by atoms with E-state index in [9.17, 15) is 0 Å². The van der Waals surface area contributed by atoms with Gasteiger partial charge in [-0.15, -0.1) is 0 Å². The number of aromatic nitrogens is 4. The summed E-state index contributed by atoms with van der Waals surface area (Å²) in [4.78, 5) is 12.2. The lowest BCUT2D eigenvalue weighted by Crippen LogP contribution is -1.90. The van der Waals surface area contributed by atoms with Gasteiger partial charge in [-0.2, -0.15) is 4.98 Å². The highest BCUT2D eigenvalue weighted by molar-refractivity contribution is 9.10. The van der Waals surface area contributed by atoms with Gasteiger partial charge in [0.05, 0.1) is 17.6 Å². The minimum absolute atomic E-state index is 0.578. The van der Waals surface area contributed by atoms with Crippen molar-refractivity contribution in [3.63, 3.8) is 0 Å². The summed E-state index contributed by atoms with van der Waals surface area (Å²) in [5, 5.41) is 4.88. The highest BCUT2D eigenvalue weighted by atomic mass is 79.9. The Hall–Kier alpha value is -2.38. The smallest absolute Gasteiger partial charge is 0.237 e. The van der Waals surface area contributed by atoms with Crippen molar-refractivity contribution in [2.75, 3.05) is 0 Å². The van der Waals surface area contributed by atoms with Gasteiger partial charge in [0, 0.05) is 10.9 Å². The maximum absolute atomic E-state index is 5.33. The summed E-state index contributed by atoms with van der Waals surface area (Å²) in [5.41, 5.74) is 3.24. The SMILES string of the molecule is Brc1ccc(-c2cnc(SCc3nc(Cc4ccccc4)no3)[nH]2)cc1. The van der Waals surface area contributed by atoms with Crippen molar-refractivity contribution < 1.29 is 4.52 Å². The second-order valence-electron chi connectivity index (χ2n) is 5.66. The van der Waals surface area contributed by atoms with Gasteiger partial charge >= 0.3 is 0 Å². The van der Waals surface area contributed by atoms with Crippen LogP contribution < -0.4 is 0 Å². The van der Waals surface area contributed by atoms with Crippen LogP contribution in [0.2, 0.25) is 0 Å². The molecule has 4 aromatic rings. The predicted octanol–water partition coefficient (Wildman–Crippen LogP) is 5.11. The molecule has 5 nitrogen and oxygen atoms in total. The van der Waals surface area contributed by atoms with Crippen LogP contribution in [-0.4, -0.2) is 20.1 Å². The Balaban J connectivity index is 1.37. The van der Waals surface area contributed by atoms with Gasteiger partial charge in [-0.25, -0.2) is 4.98 Å². The first-order valence-electron chi connectivity index (χ1n) is 8.05. The molecule has 26 heavy (non-hydrogen) atoms. The van der Waals surface area contributed by atoms with Crippen molar-refractivity contribution in [2.45, 2.75) is 17.3 Å². The van der Waals surface area contributed by atoms with Crippen molar-refractivity contribution in [2.24, 2.45) is 0 Å². The zero-order chi connectivity index (χ0) is 17.8. The number of nitrogens with one attached hydrogen (secondary N) is 1. The molecule has 130 valence electrons. The van der Waals surface area contributed by atoms with Gasteiger partial charge in [0.15, 0.2) is 11.0 Å². The fourth-order valence-corrected chi connectivity index (χ4v) is 3.43. The molecule has 7 heteroatoms. The summed E-state index contributed by atoms with van der Waals surface area (Å²) in [6, 6.07) is 18.2. The van der Waals surface area contributed by atoms with E-state index < -0.39 is 0 Å². The molecule has 0 aliphatic heterocycles. The van der Waals surface area contributed by atoms with E-state index >= 15 is 0 Å². The van der Waals surface area contributed by atoms with Crippen LogP contribution in [0.25, 0.3) is 11.3 Å². The molecule has 0 saturated carbocycles. The molecule has 2 aromatic heterocycles. The second-order valence-corrected chi connectivity index (χ2v) is 7.54. The lowest BCUT2D eigenvalue weighted by atomic mass is 10.1. The Labute approximate surface area is 163 Å². The van der Waals surface area contributed by atoms with E-state index in [-0.39, 0.29) is 0 Å². The molecular formula is C19H15BrN4OS. The highest BCUT2D eigenvalue weighted by Gasteiger charge is 2.10. The summed E-state index contributed by atoms with van der Waals surface area (Å²) in [6.45, 7) is 0. The van der Waals surface area contributed by atoms with Gasteiger partial charge in [0.1, 0.15) is 0 Å². The molecule has 0 spiro atoms. The average Bonchev–Trinajstić information content (AvgIpc) is 3.31. The van der Waals surface area contributed by atoms with Gasteiger partial charge in [0.25, 0.3) is 0 Å². The van der Waals surface area contributed by atoms with Crippen molar-refractivity contribution in [1.82, 2.24) is 20.1 Å². The molecule has 0 aliphatic carbocycles. The Morgan fingerprint density at radius 2 is 1.85 bits per heavy atom. The number of benzene rings is 2. The number of H-pyrrole nitrogens is 1. The largest absolute Gasteiger partial charge is 0.338 e. The molecule has 0 radical (unpaired) electrons. The zero-order valence-electron chi connectivity index (χ0n) is 13.7.